The molecule has 0 bridgehead atoms. The summed E-state index contributed by atoms with van der Waals surface area (Å²) in [6, 6.07) is 11.7. The third-order valence-electron chi connectivity index (χ3n) is 7.54. The van der Waals surface area contributed by atoms with Gasteiger partial charge in [0.05, 0.1) is 24.9 Å². The molecule has 1 saturated heterocycles. The van der Waals surface area contributed by atoms with Crippen LogP contribution in [-0.4, -0.2) is 107 Å². The zero-order chi connectivity index (χ0) is 27.5. The fourth-order valence-electron chi connectivity index (χ4n) is 5.46. The second-order valence-electron chi connectivity index (χ2n) is 10.4. The number of rotatable bonds is 9. The van der Waals surface area contributed by atoms with Crippen LogP contribution in [0.5, 0.6) is 11.8 Å². The van der Waals surface area contributed by atoms with Crippen LogP contribution < -0.4 is 14.5 Å². The molecule has 10 nitrogen and oxygen atoms in total. The van der Waals surface area contributed by atoms with Crippen LogP contribution in [0.2, 0.25) is 0 Å². The summed E-state index contributed by atoms with van der Waals surface area (Å²) in [5, 5.41) is 33.1. The van der Waals surface area contributed by atoms with Crippen molar-refractivity contribution in [2.45, 2.75) is 25.2 Å². The molecule has 1 aromatic heterocycles. The van der Waals surface area contributed by atoms with Crippen LogP contribution in [0.3, 0.4) is 0 Å². The van der Waals surface area contributed by atoms with E-state index in [-0.39, 0.29) is 18.4 Å². The van der Waals surface area contributed by atoms with E-state index >= 15 is 0 Å². The van der Waals surface area contributed by atoms with E-state index in [4.69, 9.17) is 14.7 Å². The molecule has 0 aliphatic carbocycles. The summed E-state index contributed by atoms with van der Waals surface area (Å²) in [5.74, 6) is 1.02. The maximum atomic E-state index is 10.4. The average Bonchev–Trinajstić information content (AvgIpc) is 2.95. The molecule has 3 N–H and O–H groups in total. The summed E-state index contributed by atoms with van der Waals surface area (Å²) >= 11 is 0. The molecule has 5 rings (SSSR count). The second-order valence-corrected chi connectivity index (χ2v) is 10.4. The molecule has 3 aromatic rings. The van der Waals surface area contributed by atoms with E-state index in [0.29, 0.717) is 45.2 Å². The molecule has 2 aromatic carbocycles. The molecule has 0 saturated carbocycles. The first-order chi connectivity index (χ1) is 18.9. The Morgan fingerprint density at radius 1 is 1.18 bits per heavy atom. The van der Waals surface area contributed by atoms with Crippen molar-refractivity contribution in [3.8, 4) is 11.8 Å². The number of aromatic hydroxyl groups is 1. The highest BCUT2D eigenvalue weighted by molar-refractivity contribution is 5.95. The van der Waals surface area contributed by atoms with E-state index in [1.807, 2.05) is 48.2 Å². The summed E-state index contributed by atoms with van der Waals surface area (Å²) in [6.07, 6.45) is 1.46. The fraction of sp³-hybridized carbons (Fsp3) is 0.448. The predicted octanol–water partition coefficient (Wildman–Crippen LogP) is 1.83. The Balaban J connectivity index is 1.50. The summed E-state index contributed by atoms with van der Waals surface area (Å²) in [6.45, 7) is 7.78. The van der Waals surface area contributed by atoms with Gasteiger partial charge in [-0.1, -0.05) is 30.8 Å². The van der Waals surface area contributed by atoms with Gasteiger partial charge in [-0.25, -0.2) is 0 Å². The van der Waals surface area contributed by atoms with Gasteiger partial charge in [0.1, 0.15) is 24.4 Å². The Hall–Kier alpha value is -3.44. The van der Waals surface area contributed by atoms with Gasteiger partial charge in [0.25, 0.3) is 0 Å². The second kappa shape index (κ2) is 11.7. The van der Waals surface area contributed by atoms with Gasteiger partial charge in [-0.3, -0.25) is 4.90 Å². The van der Waals surface area contributed by atoms with Crippen molar-refractivity contribution in [1.82, 2.24) is 19.8 Å². The third kappa shape index (κ3) is 5.79. The SMILES string of the molecule is C=CC(O)N1CCN(c2nc(OCCN(C)C)nc3c2CCN(c2cc(O)cc4ccccc24)C3)C(CO)C1. The van der Waals surface area contributed by atoms with Crippen molar-refractivity contribution >= 4 is 22.3 Å². The highest BCUT2D eigenvalue weighted by atomic mass is 16.5. The molecule has 0 spiro atoms. The number of hydrogen-bond donors (Lipinski definition) is 3. The first kappa shape index (κ1) is 27.1. The number of aromatic nitrogens is 2. The lowest BCUT2D eigenvalue weighted by molar-refractivity contribution is 0.0214. The van der Waals surface area contributed by atoms with Crippen molar-refractivity contribution in [1.29, 1.82) is 0 Å². The number of aliphatic hydroxyl groups is 2. The molecule has 2 aliphatic heterocycles. The number of nitrogens with zero attached hydrogens (tertiary/aromatic N) is 6. The lowest BCUT2D eigenvalue weighted by Gasteiger charge is -2.43. The number of benzene rings is 2. The number of phenolic OH excluding ortho intramolecular Hbond substituents is 1. The van der Waals surface area contributed by atoms with Gasteiger partial charge in [-0.2, -0.15) is 9.97 Å². The highest BCUT2D eigenvalue weighted by Gasteiger charge is 2.34. The molecule has 2 atom stereocenters. The molecule has 39 heavy (non-hydrogen) atoms. The molecule has 3 heterocycles. The van der Waals surface area contributed by atoms with Crippen molar-refractivity contribution < 1.29 is 20.1 Å². The maximum absolute atomic E-state index is 10.4. The summed E-state index contributed by atoms with van der Waals surface area (Å²) < 4.78 is 6.02. The van der Waals surface area contributed by atoms with E-state index in [2.05, 4.69) is 22.4 Å². The minimum atomic E-state index is -0.754. The van der Waals surface area contributed by atoms with Gasteiger partial charge in [-0.05, 0) is 38.0 Å². The van der Waals surface area contributed by atoms with E-state index in [1.165, 1.54) is 6.08 Å². The smallest absolute Gasteiger partial charge is 0.318 e. The zero-order valence-corrected chi connectivity index (χ0v) is 22.7. The number of ether oxygens (including phenoxy) is 1. The first-order valence-electron chi connectivity index (χ1n) is 13.4. The normalized spacial score (nSPS) is 18.8. The summed E-state index contributed by atoms with van der Waals surface area (Å²) in [5.41, 5.74) is 2.89. The Bertz CT molecular complexity index is 1320. The van der Waals surface area contributed by atoms with Gasteiger partial charge >= 0.3 is 6.01 Å². The van der Waals surface area contributed by atoms with Gasteiger partial charge in [-0.15, -0.1) is 0 Å². The Morgan fingerprint density at radius 2 is 2.00 bits per heavy atom. The number of aliphatic hydroxyl groups excluding tert-OH is 2. The predicted molar refractivity (Wildman–Crippen MR) is 152 cm³/mol. The molecular weight excluding hydrogens is 496 g/mol. The van der Waals surface area contributed by atoms with Crippen molar-refractivity contribution in [3.63, 3.8) is 0 Å². The van der Waals surface area contributed by atoms with Crippen LogP contribution in [-0.2, 0) is 13.0 Å². The van der Waals surface area contributed by atoms with Crippen LogP contribution >= 0.6 is 0 Å². The maximum Gasteiger partial charge on any atom is 0.318 e. The highest BCUT2D eigenvalue weighted by Crippen LogP contribution is 2.37. The quantitative estimate of drug-likeness (QED) is 0.352. The number of hydrogen-bond acceptors (Lipinski definition) is 10. The number of fused-ring (bicyclic) bond motifs is 2. The number of anilines is 2. The van der Waals surface area contributed by atoms with E-state index < -0.39 is 6.23 Å². The standard InChI is InChI=1S/C29H38N6O4/c1-4-27(38)34-11-12-35(21(17-34)19-36)28-24-9-10-33(18-25(24)30-29(31-28)39-14-13-32(2)3)26-16-22(37)15-20-7-5-6-8-23(20)26/h4-8,15-16,21,27,36-38H,1,9-14,17-19H2,2-3H3. The van der Waals surface area contributed by atoms with Gasteiger partial charge < -0.3 is 34.8 Å². The van der Waals surface area contributed by atoms with Gasteiger partial charge in [0.2, 0.25) is 0 Å². The minimum Gasteiger partial charge on any atom is -0.508 e. The Kier molecular flexibility index (Phi) is 8.18. The van der Waals surface area contributed by atoms with Crippen LogP contribution in [0, 0.1) is 0 Å². The van der Waals surface area contributed by atoms with E-state index in [9.17, 15) is 15.3 Å². The number of likely N-dealkylation sites (N-methyl/N-ethyl adjacent to an activating group) is 1. The molecule has 1 fully saturated rings. The molecule has 10 heteroatoms. The summed E-state index contributed by atoms with van der Waals surface area (Å²) in [4.78, 5) is 18.0. The van der Waals surface area contributed by atoms with Gasteiger partial charge in [0.15, 0.2) is 0 Å². The molecular formula is C29H38N6O4. The number of piperazine rings is 1. The zero-order valence-electron chi connectivity index (χ0n) is 22.7. The van der Waals surface area contributed by atoms with Crippen LogP contribution in [0.15, 0.2) is 49.1 Å². The molecule has 2 aliphatic rings. The molecule has 0 amide bonds. The van der Waals surface area contributed by atoms with Crippen molar-refractivity contribution in [3.05, 3.63) is 60.3 Å². The third-order valence-corrected chi connectivity index (χ3v) is 7.54. The Labute approximate surface area is 229 Å². The fourth-order valence-corrected chi connectivity index (χ4v) is 5.46. The van der Waals surface area contributed by atoms with Crippen LogP contribution in [0.1, 0.15) is 11.3 Å². The minimum absolute atomic E-state index is 0.0721. The molecule has 0 radical (unpaired) electrons. The first-order valence-corrected chi connectivity index (χ1v) is 13.4. The van der Waals surface area contributed by atoms with Crippen LogP contribution in [0.4, 0.5) is 11.5 Å². The average molecular weight is 535 g/mol. The van der Waals surface area contributed by atoms with E-state index in [0.717, 1.165) is 46.6 Å². The van der Waals surface area contributed by atoms with Crippen LogP contribution in [0.25, 0.3) is 10.8 Å². The summed E-state index contributed by atoms with van der Waals surface area (Å²) in [7, 11) is 3.98. The van der Waals surface area contributed by atoms with Crippen molar-refractivity contribution in [2.24, 2.45) is 0 Å². The van der Waals surface area contributed by atoms with E-state index in [1.54, 1.807) is 6.07 Å². The van der Waals surface area contributed by atoms with Crippen molar-refractivity contribution in [2.75, 3.05) is 69.8 Å². The lowest BCUT2D eigenvalue weighted by Crippen LogP contribution is -2.57. The topological polar surface area (TPSA) is 109 Å². The number of phenols is 1. The van der Waals surface area contributed by atoms with Gasteiger partial charge in [0, 0.05) is 55.4 Å². The Morgan fingerprint density at radius 3 is 2.77 bits per heavy atom. The molecule has 2 unspecified atom stereocenters. The molecule has 208 valence electrons. The monoisotopic (exact) mass is 534 g/mol. The largest absolute Gasteiger partial charge is 0.508 e. The lowest BCUT2D eigenvalue weighted by atomic mass is 10.0.